The SMILES string of the molecule is Cc1cc(-c2ccc(Cl)cc2)c2sc(-c3ccc4nc(C)n(C5CCN(C(=O)OC(C)(C)C)C5)c4c3)nc2c1. The fraction of sp³-hybridized carbons (Fsp3) is 0.323. The smallest absolute Gasteiger partial charge is 0.410 e. The van der Waals surface area contributed by atoms with Crippen molar-refractivity contribution in [2.24, 2.45) is 0 Å². The van der Waals surface area contributed by atoms with Gasteiger partial charge in [0.25, 0.3) is 0 Å². The molecule has 1 saturated heterocycles. The summed E-state index contributed by atoms with van der Waals surface area (Å²) in [5.74, 6) is 0.947. The number of likely N-dealkylation sites (tertiary alicyclic amines) is 1. The summed E-state index contributed by atoms with van der Waals surface area (Å²) in [5, 5.41) is 1.70. The number of carbonyl (C=O) groups excluding carboxylic acids is 1. The maximum atomic E-state index is 12.7. The van der Waals surface area contributed by atoms with Crippen LogP contribution in [0, 0.1) is 13.8 Å². The summed E-state index contributed by atoms with van der Waals surface area (Å²) in [5.41, 5.74) is 7.03. The molecule has 1 atom stereocenters. The maximum absolute atomic E-state index is 12.7. The summed E-state index contributed by atoms with van der Waals surface area (Å²) in [6.07, 6.45) is 0.606. The molecular weight excluding hydrogens is 528 g/mol. The molecule has 0 spiro atoms. The molecule has 3 heterocycles. The Kier molecular flexibility index (Phi) is 6.39. The molecule has 2 aromatic heterocycles. The lowest BCUT2D eigenvalue weighted by Crippen LogP contribution is -2.35. The Bertz CT molecular complexity index is 1720. The highest BCUT2D eigenvalue weighted by molar-refractivity contribution is 7.22. The van der Waals surface area contributed by atoms with Gasteiger partial charge in [-0.15, -0.1) is 11.3 Å². The maximum Gasteiger partial charge on any atom is 0.410 e. The lowest BCUT2D eigenvalue weighted by Gasteiger charge is -2.24. The van der Waals surface area contributed by atoms with Crippen molar-refractivity contribution in [1.82, 2.24) is 19.4 Å². The van der Waals surface area contributed by atoms with E-state index in [1.54, 1.807) is 16.2 Å². The van der Waals surface area contributed by atoms with E-state index in [-0.39, 0.29) is 12.1 Å². The Balaban J connectivity index is 1.37. The number of fused-ring (bicyclic) bond motifs is 2. The van der Waals surface area contributed by atoms with Gasteiger partial charge in [-0.2, -0.15) is 0 Å². The number of nitrogens with zero attached hydrogens (tertiary/aromatic N) is 4. The first-order chi connectivity index (χ1) is 18.6. The van der Waals surface area contributed by atoms with Crippen LogP contribution in [0.15, 0.2) is 54.6 Å². The molecule has 1 unspecified atom stereocenters. The van der Waals surface area contributed by atoms with Crippen molar-refractivity contribution in [3.05, 3.63) is 71.0 Å². The first-order valence-electron chi connectivity index (χ1n) is 13.2. The molecule has 0 radical (unpaired) electrons. The number of rotatable bonds is 3. The average molecular weight is 559 g/mol. The van der Waals surface area contributed by atoms with Gasteiger partial charge in [0.05, 0.1) is 27.3 Å². The van der Waals surface area contributed by atoms with E-state index in [2.05, 4.69) is 54.0 Å². The van der Waals surface area contributed by atoms with Crippen molar-refractivity contribution in [2.75, 3.05) is 13.1 Å². The van der Waals surface area contributed by atoms with E-state index < -0.39 is 5.60 Å². The second-order valence-corrected chi connectivity index (χ2v) is 12.7. The van der Waals surface area contributed by atoms with Crippen LogP contribution < -0.4 is 0 Å². The second-order valence-electron chi connectivity index (χ2n) is 11.3. The van der Waals surface area contributed by atoms with E-state index in [0.717, 1.165) is 54.7 Å². The van der Waals surface area contributed by atoms with Gasteiger partial charge in [0.2, 0.25) is 0 Å². The highest BCUT2D eigenvalue weighted by atomic mass is 35.5. The van der Waals surface area contributed by atoms with Gasteiger partial charge in [-0.25, -0.2) is 14.8 Å². The van der Waals surface area contributed by atoms with Gasteiger partial charge in [-0.3, -0.25) is 0 Å². The number of thiazole rings is 1. The third-order valence-electron chi connectivity index (χ3n) is 7.08. The van der Waals surface area contributed by atoms with Crippen molar-refractivity contribution in [1.29, 1.82) is 0 Å². The summed E-state index contributed by atoms with van der Waals surface area (Å²) in [6.45, 7) is 11.1. The van der Waals surface area contributed by atoms with Gasteiger partial charge in [0.15, 0.2) is 0 Å². The minimum atomic E-state index is -0.509. The van der Waals surface area contributed by atoms with Crippen LogP contribution in [0.3, 0.4) is 0 Å². The fourth-order valence-electron chi connectivity index (χ4n) is 5.39. The van der Waals surface area contributed by atoms with Crippen LogP contribution in [0.4, 0.5) is 4.79 Å². The Morgan fingerprint density at radius 3 is 2.49 bits per heavy atom. The molecule has 0 N–H and O–H groups in total. The Labute approximate surface area is 237 Å². The predicted molar refractivity (Wildman–Crippen MR) is 160 cm³/mol. The molecule has 200 valence electrons. The molecule has 1 aliphatic rings. The van der Waals surface area contributed by atoms with Crippen LogP contribution in [0.5, 0.6) is 0 Å². The Morgan fingerprint density at radius 2 is 1.74 bits per heavy atom. The number of aryl methyl sites for hydroxylation is 2. The summed E-state index contributed by atoms with van der Waals surface area (Å²) < 4.78 is 9.05. The number of carbonyl (C=O) groups is 1. The van der Waals surface area contributed by atoms with Gasteiger partial charge in [-0.05, 0) is 94.6 Å². The van der Waals surface area contributed by atoms with E-state index >= 15 is 0 Å². The number of hydrogen-bond acceptors (Lipinski definition) is 5. The van der Waals surface area contributed by atoms with Crippen molar-refractivity contribution in [3.63, 3.8) is 0 Å². The zero-order chi connectivity index (χ0) is 27.5. The summed E-state index contributed by atoms with van der Waals surface area (Å²) in [6, 6.07) is 18.9. The molecule has 6 rings (SSSR count). The van der Waals surface area contributed by atoms with E-state index in [4.69, 9.17) is 26.3 Å². The molecule has 6 nitrogen and oxygen atoms in total. The van der Waals surface area contributed by atoms with Gasteiger partial charge in [0, 0.05) is 29.2 Å². The van der Waals surface area contributed by atoms with Crippen molar-refractivity contribution in [3.8, 4) is 21.7 Å². The molecule has 8 heteroatoms. The molecule has 5 aromatic rings. The largest absolute Gasteiger partial charge is 0.444 e. The minimum absolute atomic E-state index is 0.146. The summed E-state index contributed by atoms with van der Waals surface area (Å²) in [4.78, 5) is 24.4. The van der Waals surface area contributed by atoms with Gasteiger partial charge < -0.3 is 14.2 Å². The third kappa shape index (κ3) is 5.01. The number of hydrogen-bond donors (Lipinski definition) is 0. The molecule has 0 aliphatic carbocycles. The predicted octanol–water partition coefficient (Wildman–Crippen LogP) is 8.43. The quantitative estimate of drug-likeness (QED) is 0.223. The molecule has 1 aliphatic heterocycles. The minimum Gasteiger partial charge on any atom is -0.444 e. The average Bonchev–Trinajstić information content (AvgIpc) is 3.58. The number of benzene rings is 3. The highest BCUT2D eigenvalue weighted by Gasteiger charge is 2.32. The monoisotopic (exact) mass is 558 g/mol. The molecule has 3 aromatic carbocycles. The van der Waals surface area contributed by atoms with E-state index in [1.165, 1.54) is 11.1 Å². The summed E-state index contributed by atoms with van der Waals surface area (Å²) in [7, 11) is 0. The molecule has 1 amide bonds. The number of imidazole rings is 1. The van der Waals surface area contributed by atoms with Crippen molar-refractivity contribution < 1.29 is 9.53 Å². The molecule has 0 bridgehead atoms. The van der Waals surface area contributed by atoms with Crippen LogP contribution in [0.1, 0.15) is 44.6 Å². The van der Waals surface area contributed by atoms with Crippen LogP contribution in [-0.4, -0.2) is 44.2 Å². The zero-order valence-electron chi connectivity index (χ0n) is 22.8. The first-order valence-corrected chi connectivity index (χ1v) is 14.4. The van der Waals surface area contributed by atoms with Gasteiger partial charge >= 0.3 is 6.09 Å². The second kappa shape index (κ2) is 9.65. The van der Waals surface area contributed by atoms with E-state index in [1.807, 2.05) is 39.8 Å². The number of amides is 1. The van der Waals surface area contributed by atoms with Gasteiger partial charge in [0.1, 0.15) is 16.4 Å². The van der Waals surface area contributed by atoms with Crippen LogP contribution in [0.2, 0.25) is 5.02 Å². The third-order valence-corrected chi connectivity index (χ3v) is 8.49. The van der Waals surface area contributed by atoms with E-state index in [0.29, 0.717) is 13.1 Å². The van der Waals surface area contributed by atoms with Gasteiger partial charge in [-0.1, -0.05) is 23.7 Å². The molecule has 39 heavy (non-hydrogen) atoms. The fourth-order valence-corrected chi connectivity index (χ4v) is 6.60. The Morgan fingerprint density at radius 1 is 1.00 bits per heavy atom. The van der Waals surface area contributed by atoms with Crippen LogP contribution in [-0.2, 0) is 4.74 Å². The lowest BCUT2D eigenvalue weighted by molar-refractivity contribution is 0.0289. The lowest BCUT2D eigenvalue weighted by atomic mass is 10.0. The normalized spacial score (nSPS) is 15.9. The molecule has 1 fully saturated rings. The number of ether oxygens (including phenoxy) is 1. The first kappa shape index (κ1) is 25.8. The molecule has 0 saturated carbocycles. The van der Waals surface area contributed by atoms with E-state index in [9.17, 15) is 4.79 Å². The number of halogens is 1. The van der Waals surface area contributed by atoms with Crippen molar-refractivity contribution in [2.45, 2.75) is 52.7 Å². The molecular formula is C31H31ClN4O2S. The van der Waals surface area contributed by atoms with Crippen LogP contribution in [0.25, 0.3) is 42.9 Å². The van der Waals surface area contributed by atoms with Crippen molar-refractivity contribution >= 4 is 50.3 Å². The zero-order valence-corrected chi connectivity index (χ0v) is 24.4. The topological polar surface area (TPSA) is 60.2 Å². The number of aromatic nitrogens is 3. The standard InChI is InChI=1S/C31H31ClN4O2S/c1-18-14-24(20-6-9-22(32)10-7-20)28-26(15-18)34-29(39-28)21-8-11-25-27(16-21)36(19(2)33-25)23-12-13-35(17-23)30(37)38-31(3,4)5/h6-11,14-16,23H,12-13,17H2,1-5H3. The highest BCUT2D eigenvalue weighted by Crippen LogP contribution is 2.39. The van der Waals surface area contributed by atoms with Crippen LogP contribution >= 0.6 is 22.9 Å². The summed E-state index contributed by atoms with van der Waals surface area (Å²) >= 11 is 7.85. The Hall–Kier alpha value is -3.42.